The standard InChI is InChI=1S/C11H9N3O3S/c15-8(7-4-2-1-3-5-7)6-18-11-12-9(16)10(17)13-14-11/h1-5H,6H2,(H,13,17)(H,12,14,16). The van der Waals surface area contributed by atoms with Crippen molar-refractivity contribution in [2.45, 2.75) is 5.16 Å². The molecule has 0 spiro atoms. The lowest BCUT2D eigenvalue weighted by molar-refractivity contribution is 0.102. The van der Waals surface area contributed by atoms with Crippen molar-refractivity contribution in [1.82, 2.24) is 15.2 Å². The maximum absolute atomic E-state index is 11.8. The molecule has 1 heterocycles. The third kappa shape index (κ3) is 2.95. The number of rotatable bonds is 4. The highest BCUT2D eigenvalue weighted by Gasteiger charge is 2.07. The predicted octanol–water partition coefficient (Wildman–Crippen LogP) is 0.433. The van der Waals surface area contributed by atoms with Gasteiger partial charge in [-0.15, -0.1) is 5.10 Å². The molecule has 0 amide bonds. The van der Waals surface area contributed by atoms with E-state index in [1.807, 2.05) is 6.07 Å². The minimum Gasteiger partial charge on any atom is -0.295 e. The van der Waals surface area contributed by atoms with Crippen LogP contribution in [0.5, 0.6) is 0 Å². The van der Waals surface area contributed by atoms with Crippen LogP contribution in [0, 0.1) is 0 Å². The van der Waals surface area contributed by atoms with Gasteiger partial charge in [0, 0.05) is 5.56 Å². The maximum atomic E-state index is 11.8. The summed E-state index contributed by atoms with van der Waals surface area (Å²) in [6, 6.07) is 8.80. The second-order valence-corrected chi connectivity index (χ2v) is 4.35. The lowest BCUT2D eigenvalue weighted by atomic mass is 10.2. The van der Waals surface area contributed by atoms with Gasteiger partial charge >= 0.3 is 11.1 Å². The van der Waals surface area contributed by atoms with E-state index in [2.05, 4.69) is 15.2 Å². The number of ketones is 1. The topological polar surface area (TPSA) is 95.7 Å². The van der Waals surface area contributed by atoms with Gasteiger partial charge < -0.3 is 0 Å². The molecule has 0 unspecified atom stereocenters. The molecule has 0 radical (unpaired) electrons. The average Bonchev–Trinajstić information content (AvgIpc) is 2.41. The fourth-order valence-corrected chi connectivity index (χ4v) is 1.95. The van der Waals surface area contributed by atoms with Crippen LogP contribution in [-0.2, 0) is 0 Å². The van der Waals surface area contributed by atoms with Crippen molar-refractivity contribution >= 4 is 17.5 Å². The Balaban J connectivity index is 2.04. The lowest BCUT2D eigenvalue weighted by Crippen LogP contribution is -2.30. The van der Waals surface area contributed by atoms with Crippen molar-refractivity contribution in [2.24, 2.45) is 0 Å². The summed E-state index contributed by atoms with van der Waals surface area (Å²) in [7, 11) is 0. The molecule has 0 aliphatic rings. The van der Waals surface area contributed by atoms with E-state index in [1.165, 1.54) is 0 Å². The predicted molar refractivity (Wildman–Crippen MR) is 67.0 cm³/mol. The normalized spacial score (nSPS) is 10.2. The number of hydrogen-bond donors (Lipinski definition) is 2. The van der Waals surface area contributed by atoms with Crippen LogP contribution in [0.1, 0.15) is 10.4 Å². The minimum absolute atomic E-state index is 0.0746. The largest absolute Gasteiger partial charge is 0.329 e. The molecule has 7 heteroatoms. The number of Topliss-reactive ketones (excluding diaryl/α,β-unsaturated/α-hetero) is 1. The molecule has 0 aliphatic carbocycles. The number of nitrogens with one attached hydrogen (secondary N) is 2. The number of benzene rings is 1. The monoisotopic (exact) mass is 263 g/mol. The van der Waals surface area contributed by atoms with Gasteiger partial charge in [-0.1, -0.05) is 42.1 Å². The van der Waals surface area contributed by atoms with E-state index in [4.69, 9.17) is 0 Å². The smallest absolute Gasteiger partial charge is 0.295 e. The van der Waals surface area contributed by atoms with Crippen LogP contribution in [-0.4, -0.2) is 26.7 Å². The zero-order valence-electron chi connectivity index (χ0n) is 9.17. The van der Waals surface area contributed by atoms with Crippen LogP contribution in [0.15, 0.2) is 45.1 Å². The van der Waals surface area contributed by atoms with E-state index in [1.54, 1.807) is 24.3 Å². The van der Waals surface area contributed by atoms with Gasteiger partial charge in [-0.05, 0) is 0 Å². The first-order valence-electron chi connectivity index (χ1n) is 5.07. The Morgan fingerprint density at radius 2 is 1.89 bits per heavy atom. The first-order chi connectivity index (χ1) is 8.66. The van der Waals surface area contributed by atoms with Crippen molar-refractivity contribution in [3.63, 3.8) is 0 Å². The summed E-state index contributed by atoms with van der Waals surface area (Å²) in [4.78, 5) is 35.8. The van der Waals surface area contributed by atoms with Gasteiger partial charge in [0.25, 0.3) is 0 Å². The summed E-state index contributed by atoms with van der Waals surface area (Å²) in [5.41, 5.74) is -0.995. The fraction of sp³-hybridized carbons (Fsp3) is 0.0909. The molecule has 6 nitrogen and oxygen atoms in total. The Bertz CT molecular complexity index is 663. The molecule has 0 aliphatic heterocycles. The van der Waals surface area contributed by atoms with Crippen molar-refractivity contribution in [2.75, 3.05) is 5.75 Å². The van der Waals surface area contributed by atoms with Crippen molar-refractivity contribution in [3.05, 3.63) is 56.6 Å². The van der Waals surface area contributed by atoms with E-state index >= 15 is 0 Å². The first kappa shape index (κ1) is 12.3. The van der Waals surface area contributed by atoms with Crippen LogP contribution in [0.3, 0.4) is 0 Å². The second-order valence-electron chi connectivity index (χ2n) is 3.39. The molecule has 2 aromatic rings. The molecular formula is C11H9N3O3S. The highest BCUT2D eigenvalue weighted by molar-refractivity contribution is 7.99. The molecule has 18 heavy (non-hydrogen) atoms. The second kappa shape index (κ2) is 5.46. The lowest BCUT2D eigenvalue weighted by Gasteiger charge is -1.99. The molecule has 0 bridgehead atoms. The third-order valence-electron chi connectivity index (χ3n) is 2.12. The van der Waals surface area contributed by atoms with E-state index in [9.17, 15) is 14.4 Å². The summed E-state index contributed by atoms with van der Waals surface area (Å²) in [6.07, 6.45) is 0. The summed E-state index contributed by atoms with van der Waals surface area (Å²) in [5.74, 6) is 0.0633. The van der Waals surface area contributed by atoms with E-state index in [0.717, 1.165) is 11.8 Å². The zero-order chi connectivity index (χ0) is 13.0. The highest BCUT2D eigenvalue weighted by atomic mass is 32.2. The highest BCUT2D eigenvalue weighted by Crippen LogP contribution is 2.12. The molecule has 0 atom stereocenters. The van der Waals surface area contributed by atoms with Crippen LogP contribution in [0.25, 0.3) is 0 Å². The number of hydrogen-bond acceptors (Lipinski definition) is 5. The fourth-order valence-electron chi connectivity index (χ4n) is 1.24. The van der Waals surface area contributed by atoms with Gasteiger partial charge in [0.2, 0.25) is 0 Å². The SMILES string of the molecule is O=C(CSc1n[nH]c(=O)c(=O)[nH]1)c1ccccc1. The first-order valence-corrected chi connectivity index (χ1v) is 6.05. The van der Waals surface area contributed by atoms with Crippen LogP contribution < -0.4 is 11.1 Å². The van der Waals surface area contributed by atoms with E-state index in [-0.39, 0.29) is 16.7 Å². The Morgan fingerprint density at radius 3 is 2.56 bits per heavy atom. The molecule has 1 aromatic carbocycles. The van der Waals surface area contributed by atoms with Gasteiger partial charge in [-0.25, -0.2) is 5.10 Å². The summed E-state index contributed by atoms with van der Waals surface area (Å²) >= 11 is 1.06. The molecule has 2 rings (SSSR count). The summed E-state index contributed by atoms with van der Waals surface area (Å²) < 4.78 is 0. The third-order valence-corrected chi connectivity index (χ3v) is 2.99. The number of H-pyrrole nitrogens is 2. The van der Waals surface area contributed by atoms with Crippen molar-refractivity contribution < 1.29 is 4.79 Å². The Kier molecular flexibility index (Phi) is 3.73. The maximum Gasteiger partial charge on any atom is 0.329 e. The van der Waals surface area contributed by atoms with E-state index < -0.39 is 11.1 Å². The summed E-state index contributed by atoms with van der Waals surface area (Å²) in [5, 5.41) is 5.88. The van der Waals surface area contributed by atoms with Gasteiger partial charge in [-0.2, -0.15) is 0 Å². The number of nitrogens with zero attached hydrogens (tertiary/aromatic N) is 1. The van der Waals surface area contributed by atoms with Crippen LogP contribution in [0.4, 0.5) is 0 Å². The Morgan fingerprint density at radius 1 is 1.17 bits per heavy atom. The number of aromatic nitrogens is 3. The molecule has 1 aromatic heterocycles. The number of carbonyl (C=O) groups excluding carboxylic acids is 1. The Hall–Kier alpha value is -2.15. The van der Waals surface area contributed by atoms with Gasteiger partial charge in [0.15, 0.2) is 10.9 Å². The van der Waals surface area contributed by atoms with Gasteiger partial charge in [0.1, 0.15) is 0 Å². The van der Waals surface area contributed by atoms with Crippen LogP contribution in [0.2, 0.25) is 0 Å². The zero-order valence-corrected chi connectivity index (χ0v) is 9.99. The summed E-state index contributed by atoms with van der Waals surface area (Å²) in [6.45, 7) is 0. The average molecular weight is 263 g/mol. The molecule has 92 valence electrons. The van der Waals surface area contributed by atoms with Crippen molar-refractivity contribution in [1.29, 1.82) is 0 Å². The number of thioether (sulfide) groups is 1. The minimum atomic E-state index is -0.811. The van der Waals surface area contributed by atoms with Gasteiger partial charge in [0.05, 0.1) is 5.75 Å². The Labute approximate surface area is 105 Å². The molecule has 0 saturated carbocycles. The van der Waals surface area contributed by atoms with Crippen molar-refractivity contribution in [3.8, 4) is 0 Å². The molecule has 2 N–H and O–H groups in total. The number of aromatic amines is 2. The number of carbonyl (C=O) groups is 1. The molecule has 0 saturated heterocycles. The molecule has 0 fully saturated rings. The molecular weight excluding hydrogens is 254 g/mol. The van der Waals surface area contributed by atoms with Gasteiger partial charge in [-0.3, -0.25) is 19.4 Å². The quantitative estimate of drug-likeness (QED) is 0.474. The van der Waals surface area contributed by atoms with E-state index in [0.29, 0.717) is 5.56 Å². The van der Waals surface area contributed by atoms with Crippen LogP contribution >= 0.6 is 11.8 Å².